The zero-order valence-corrected chi connectivity index (χ0v) is 36.6. The fourth-order valence-corrected chi connectivity index (χ4v) is 12.3. The number of hydrogen-bond acceptors (Lipinski definition) is 4. The number of aromatic nitrogens is 1. The molecule has 0 atom stereocenters. The molecule has 3 aliphatic heterocycles. The molecule has 9 aromatic carbocycles. The van der Waals surface area contributed by atoms with Crippen molar-refractivity contribution in [1.82, 2.24) is 4.57 Å². The molecule has 64 heavy (non-hydrogen) atoms. The van der Waals surface area contributed by atoms with Gasteiger partial charge >= 0.3 is 0 Å². The largest absolute Gasteiger partial charge is 0.311 e. The molecular formula is C58H41BN4S. The Morgan fingerprint density at radius 2 is 1.11 bits per heavy atom. The van der Waals surface area contributed by atoms with Crippen LogP contribution in [0.15, 0.2) is 194 Å². The highest BCUT2D eigenvalue weighted by molar-refractivity contribution is 7.25. The van der Waals surface area contributed by atoms with E-state index in [1.54, 1.807) is 0 Å². The van der Waals surface area contributed by atoms with Crippen LogP contribution in [0.1, 0.15) is 26.3 Å². The molecule has 0 saturated heterocycles. The van der Waals surface area contributed by atoms with E-state index < -0.39 is 0 Å². The average Bonchev–Trinajstić information content (AvgIpc) is 3.87. The smallest absolute Gasteiger partial charge is 0.252 e. The van der Waals surface area contributed by atoms with Crippen molar-refractivity contribution in [3.63, 3.8) is 0 Å². The summed E-state index contributed by atoms with van der Waals surface area (Å²) in [5.41, 5.74) is 19.5. The molecule has 0 fully saturated rings. The number of rotatable bonds is 4. The van der Waals surface area contributed by atoms with E-state index in [9.17, 15) is 0 Å². The third-order valence-corrected chi connectivity index (χ3v) is 15.1. The van der Waals surface area contributed by atoms with Gasteiger partial charge in [0.15, 0.2) is 0 Å². The molecule has 6 heteroatoms. The Kier molecular flexibility index (Phi) is 7.32. The lowest BCUT2D eigenvalue weighted by Gasteiger charge is -2.47. The van der Waals surface area contributed by atoms with E-state index in [0.29, 0.717) is 0 Å². The van der Waals surface area contributed by atoms with Gasteiger partial charge in [-0.25, -0.2) is 0 Å². The first-order valence-electron chi connectivity index (χ1n) is 22.3. The maximum Gasteiger partial charge on any atom is 0.252 e. The second kappa shape index (κ2) is 13.0. The van der Waals surface area contributed by atoms with Crippen molar-refractivity contribution in [2.24, 2.45) is 0 Å². The highest BCUT2D eigenvalue weighted by Crippen LogP contribution is 2.54. The highest BCUT2D eigenvalue weighted by Gasteiger charge is 2.47. The minimum absolute atomic E-state index is 0.0173. The van der Waals surface area contributed by atoms with Crippen LogP contribution in [0.3, 0.4) is 0 Å². The fourth-order valence-electron chi connectivity index (χ4n) is 11.2. The van der Waals surface area contributed by atoms with Crippen LogP contribution in [-0.4, -0.2) is 11.3 Å². The van der Waals surface area contributed by atoms with Crippen LogP contribution in [0.5, 0.6) is 0 Å². The van der Waals surface area contributed by atoms with Gasteiger partial charge in [0, 0.05) is 65.1 Å². The van der Waals surface area contributed by atoms with Crippen LogP contribution in [0, 0.1) is 0 Å². The Bertz CT molecular complexity index is 3710. The van der Waals surface area contributed by atoms with Crippen LogP contribution >= 0.6 is 11.3 Å². The maximum absolute atomic E-state index is 2.62. The number of fused-ring (bicyclic) bond motifs is 12. The van der Waals surface area contributed by atoms with Gasteiger partial charge < -0.3 is 19.3 Å². The topological polar surface area (TPSA) is 14.7 Å². The lowest BCUT2D eigenvalue weighted by atomic mass is 9.33. The third-order valence-electron chi connectivity index (χ3n) is 14.0. The van der Waals surface area contributed by atoms with Crippen molar-refractivity contribution in [3.8, 4) is 5.69 Å². The maximum atomic E-state index is 2.62. The molecule has 14 rings (SSSR count). The zero-order chi connectivity index (χ0) is 42.4. The number of para-hydroxylation sites is 5. The molecule has 0 bridgehead atoms. The minimum atomic E-state index is -0.0416. The van der Waals surface area contributed by atoms with Crippen molar-refractivity contribution in [2.45, 2.75) is 26.2 Å². The SMILES string of the molecule is CC(C)(C)c1ccc2c(c1)B1c3cccc4c3N(c3cc(N(c5ccccc5)c5ccccc5)cc(c31)N2c1ccc2c(c1)sc1ccccc12)c1cccc2c3ccccc3n-4c12. The van der Waals surface area contributed by atoms with Gasteiger partial charge in [-0.2, -0.15) is 0 Å². The molecule has 3 aliphatic rings. The molecule has 5 heterocycles. The van der Waals surface area contributed by atoms with Crippen LogP contribution in [0.2, 0.25) is 0 Å². The molecule has 0 saturated carbocycles. The second-order valence-electron chi connectivity index (χ2n) is 18.6. The van der Waals surface area contributed by atoms with E-state index in [1.165, 1.54) is 98.1 Å². The van der Waals surface area contributed by atoms with Crippen molar-refractivity contribution in [1.29, 1.82) is 0 Å². The monoisotopic (exact) mass is 836 g/mol. The van der Waals surface area contributed by atoms with Gasteiger partial charge in [0.2, 0.25) is 0 Å². The second-order valence-corrected chi connectivity index (χ2v) is 19.6. The molecule has 302 valence electrons. The summed E-state index contributed by atoms with van der Waals surface area (Å²) in [5, 5.41) is 5.16. The van der Waals surface area contributed by atoms with Crippen molar-refractivity contribution in [2.75, 3.05) is 14.7 Å². The third kappa shape index (κ3) is 4.89. The number of nitrogens with zero attached hydrogens (tertiary/aromatic N) is 4. The van der Waals surface area contributed by atoms with Gasteiger partial charge in [0.25, 0.3) is 6.71 Å². The molecule has 0 radical (unpaired) electrons. The summed E-state index contributed by atoms with van der Waals surface area (Å²) in [5.74, 6) is 0. The van der Waals surface area contributed by atoms with Gasteiger partial charge in [-0.05, 0) is 106 Å². The van der Waals surface area contributed by atoms with Gasteiger partial charge in [0.1, 0.15) is 0 Å². The highest BCUT2D eigenvalue weighted by atomic mass is 32.1. The van der Waals surface area contributed by atoms with E-state index in [1.807, 2.05) is 11.3 Å². The van der Waals surface area contributed by atoms with Crippen molar-refractivity contribution >= 4 is 128 Å². The molecule has 0 unspecified atom stereocenters. The average molecular weight is 837 g/mol. The first-order valence-corrected chi connectivity index (χ1v) is 23.1. The van der Waals surface area contributed by atoms with E-state index in [-0.39, 0.29) is 12.1 Å². The zero-order valence-electron chi connectivity index (χ0n) is 35.7. The Morgan fingerprint density at radius 1 is 0.453 bits per heavy atom. The predicted octanol–water partition coefficient (Wildman–Crippen LogP) is 14.3. The number of anilines is 9. The predicted molar refractivity (Wildman–Crippen MR) is 275 cm³/mol. The van der Waals surface area contributed by atoms with Gasteiger partial charge in [-0.15, -0.1) is 11.3 Å². The first-order chi connectivity index (χ1) is 31.4. The molecule has 0 N–H and O–H groups in total. The summed E-state index contributed by atoms with van der Waals surface area (Å²) < 4.78 is 5.14. The Hall–Kier alpha value is -7.54. The summed E-state index contributed by atoms with van der Waals surface area (Å²) in [6.07, 6.45) is 0. The van der Waals surface area contributed by atoms with Crippen LogP contribution in [0.25, 0.3) is 47.7 Å². The molecule has 2 aromatic heterocycles. The van der Waals surface area contributed by atoms with Crippen LogP contribution in [-0.2, 0) is 5.41 Å². The number of benzene rings is 9. The lowest BCUT2D eigenvalue weighted by Crippen LogP contribution is -2.62. The normalized spacial score (nSPS) is 13.5. The van der Waals surface area contributed by atoms with E-state index >= 15 is 0 Å². The molecule has 0 spiro atoms. The first kappa shape index (κ1) is 36.0. The summed E-state index contributed by atoms with van der Waals surface area (Å²) in [4.78, 5) is 7.63. The standard InChI is InChI=1S/C58H41BN4S/c1-58(2,3)36-28-31-48-46(32-36)59-45-23-15-26-50-57(45)63(49-25-14-22-44-41-20-10-12-24-47(41)62(50)56(44)49)52-34-40(60(37-16-6-4-7-17-37)38-18-8-5-9-19-38)33-51(55(52)59)61(48)39-29-30-43-42-21-11-13-27-53(42)64-54(43)35-39/h4-35H,1-3H3. The quantitative estimate of drug-likeness (QED) is 0.164. The van der Waals surface area contributed by atoms with Crippen molar-refractivity contribution < 1.29 is 0 Å². The van der Waals surface area contributed by atoms with E-state index in [4.69, 9.17) is 0 Å². The molecular weight excluding hydrogens is 796 g/mol. The van der Waals surface area contributed by atoms with E-state index in [0.717, 1.165) is 22.7 Å². The summed E-state index contributed by atoms with van der Waals surface area (Å²) in [6.45, 7) is 7.00. The number of thiophene rings is 1. The Labute approximate surface area is 376 Å². The minimum Gasteiger partial charge on any atom is -0.311 e. The molecule has 0 amide bonds. The van der Waals surface area contributed by atoms with Crippen LogP contribution in [0.4, 0.5) is 51.2 Å². The lowest BCUT2D eigenvalue weighted by molar-refractivity contribution is 0.591. The van der Waals surface area contributed by atoms with Gasteiger partial charge in [-0.3, -0.25) is 0 Å². The fraction of sp³-hybridized carbons (Fsp3) is 0.0690. The van der Waals surface area contributed by atoms with Gasteiger partial charge in [0.05, 0.1) is 33.8 Å². The Morgan fingerprint density at radius 3 is 1.89 bits per heavy atom. The van der Waals surface area contributed by atoms with Gasteiger partial charge in [-0.1, -0.05) is 136 Å². The van der Waals surface area contributed by atoms with Crippen LogP contribution < -0.4 is 31.1 Å². The number of hydrogen-bond donors (Lipinski definition) is 0. The molecule has 0 aliphatic carbocycles. The molecule has 4 nitrogen and oxygen atoms in total. The summed E-state index contributed by atoms with van der Waals surface area (Å²) in [7, 11) is 0. The summed E-state index contributed by atoms with van der Waals surface area (Å²) in [6, 6.07) is 72.8. The Balaban J connectivity index is 1.14. The van der Waals surface area contributed by atoms with Crippen molar-refractivity contribution in [3.05, 3.63) is 200 Å². The van der Waals surface area contributed by atoms with E-state index in [2.05, 4.69) is 234 Å². The molecule has 11 aromatic rings. The summed E-state index contributed by atoms with van der Waals surface area (Å²) >= 11 is 1.88.